The summed E-state index contributed by atoms with van der Waals surface area (Å²) in [5, 5.41) is 3.04. The van der Waals surface area contributed by atoms with E-state index in [1.807, 2.05) is 18.5 Å². The van der Waals surface area contributed by atoms with Gasteiger partial charge in [-0.15, -0.1) is 0 Å². The lowest BCUT2D eigenvalue weighted by Crippen LogP contribution is -2.34. The molecule has 1 amide bonds. The number of aromatic nitrogens is 2. The zero-order chi connectivity index (χ0) is 21.5. The molecular formula is C25H34N4O2. The van der Waals surface area contributed by atoms with Crippen molar-refractivity contribution in [2.75, 3.05) is 26.2 Å². The lowest BCUT2D eigenvalue weighted by molar-refractivity contribution is -0.122. The van der Waals surface area contributed by atoms with E-state index in [0.29, 0.717) is 18.9 Å². The smallest absolute Gasteiger partial charge is 0.220 e. The van der Waals surface area contributed by atoms with E-state index in [1.54, 1.807) is 0 Å². The van der Waals surface area contributed by atoms with Gasteiger partial charge in [-0.25, -0.2) is 9.97 Å². The molecule has 0 saturated carbocycles. The lowest BCUT2D eigenvalue weighted by Gasteiger charge is -2.31. The van der Waals surface area contributed by atoms with E-state index >= 15 is 0 Å². The van der Waals surface area contributed by atoms with Gasteiger partial charge in [-0.05, 0) is 64.1 Å². The van der Waals surface area contributed by atoms with Crippen LogP contribution in [0.5, 0.6) is 0 Å². The molecular weight excluding hydrogens is 388 g/mol. The number of ether oxygens (including phenoxy) is 1. The van der Waals surface area contributed by atoms with Gasteiger partial charge in [0, 0.05) is 49.6 Å². The molecule has 2 aliphatic rings. The van der Waals surface area contributed by atoms with E-state index < -0.39 is 0 Å². The Hall–Kier alpha value is -2.31. The van der Waals surface area contributed by atoms with Crippen molar-refractivity contribution >= 4 is 5.91 Å². The zero-order valence-corrected chi connectivity index (χ0v) is 18.6. The summed E-state index contributed by atoms with van der Waals surface area (Å²) in [7, 11) is 0. The van der Waals surface area contributed by atoms with Crippen LogP contribution in [0.3, 0.4) is 0 Å². The number of hydrogen-bond donors (Lipinski definition) is 1. The van der Waals surface area contributed by atoms with Gasteiger partial charge in [-0.3, -0.25) is 9.69 Å². The summed E-state index contributed by atoms with van der Waals surface area (Å²) in [5.41, 5.74) is 3.43. The molecule has 1 aromatic heterocycles. The van der Waals surface area contributed by atoms with E-state index in [1.165, 1.54) is 5.56 Å². The summed E-state index contributed by atoms with van der Waals surface area (Å²) in [5.74, 6) is 1.59. The van der Waals surface area contributed by atoms with Crippen LogP contribution in [-0.2, 0) is 16.1 Å². The molecule has 31 heavy (non-hydrogen) atoms. The molecule has 1 N–H and O–H groups in total. The van der Waals surface area contributed by atoms with Crippen molar-refractivity contribution in [3.8, 4) is 11.4 Å². The Morgan fingerprint density at radius 2 is 2.00 bits per heavy atom. The second-order valence-electron chi connectivity index (χ2n) is 8.98. The van der Waals surface area contributed by atoms with Crippen molar-refractivity contribution in [1.82, 2.24) is 20.2 Å². The average molecular weight is 423 g/mol. The Balaban J connectivity index is 1.16. The fourth-order valence-corrected chi connectivity index (χ4v) is 4.52. The molecule has 2 fully saturated rings. The maximum absolute atomic E-state index is 12.1. The van der Waals surface area contributed by atoms with Crippen molar-refractivity contribution in [2.45, 2.75) is 58.1 Å². The molecule has 0 spiro atoms. The van der Waals surface area contributed by atoms with Gasteiger partial charge in [0.2, 0.25) is 5.91 Å². The van der Waals surface area contributed by atoms with Crippen molar-refractivity contribution in [3.63, 3.8) is 0 Å². The highest BCUT2D eigenvalue weighted by atomic mass is 16.5. The highest BCUT2D eigenvalue weighted by Crippen LogP contribution is 2.23. The number of likely N-dealkylation sites (tertiary alicyclic amines) is 1. The summed E-state index contributed by atoms with van der Waals surface area (Å²) < 4.78 is 5.56. The number of nitrogens with one attached hydrogen (secondary N) is 1. The first kappa shape index (κ1) is 21.9. The number of hydrogen-bond acceptors (Lipinski definition) is 5. The van der Waals surface area contributed by atoms with Gasteiger partial charge < -0.3 is 10.1 Å². The number of rotatable bonds is 8. The molecule has 0 radical (unpaired) electrons. The third-order valence-corrected chi connectivity index (χ3v) is 6.43. The Labute approximate surface area is 185 Å². The standard InChI is InChI=1S/C25H34N4O2/c1-19-4-2-5-22(14-19)25-27-15-21(16-28-25)18-29-11-9-20(10-12-29)7-8-24(30)26-17-23-6-3-13-31-23/h2,4-5,14-16,20,23H,3,6-13,17-18H2,1H3,(H,26,30). The molecule has 2 aliphatic heterocycles. The van der Waals surface area contributed by atoms with Crippen molar-refractivity contribution in [3.05, 3.63) is 47.8 Å². The highest BCUT2D eigenvalue weighted by Gasteiger charge is 2.21. The summed E-state index contributed by atoms with van der Waals surface area (Å²) in [6, 6.07) is 8.29. The maximum atomic E-state index is 12.1. The predicted molar refractivity (Wildman–Crippen MR) is 121 cm³/mol. The topological polar surface area (TPSA) is 67.4 Å². The van der Waals surface area contributed by atoms with Crippen LogP contribution in [-0.4, -0.2) is 53.1 Å². The fraction of sp³-hybridized carbons (Fsp3) is 0.560. The van der Waals surface area contributed by atoms with Gasteiger partial charge >= 0.3 is 0 Å². The van der Waals surface area contributed by atoms with Gasteiger partial charge in [0.1, 0.15) is 0 Å². The monoisotopic (exact) mass is 422 g/mol. The minimum absolute atomic E-state index is 0.170. The maximum Gasteiger partial charge on any atom is 0.220 e. The van der Waals surface area contributed by atoms with E-state index in [2.05, 4.69) is 45.3 Å². The first-order chi connectivity index (χ1) is 15.2. The first-order valence-electron chi connectivity index (χ1n) is 11.6. The third kappa shape index (κ3) is 6.58. The van der Waals surface area contributed by atoms with E-state index in [0.717, 1.165) is 75.3 Å². The normalized spacial score (nSPS) is 20.1. The van der Waals surface area contributed by atoms with E-state index in [4.69, 9.17) is 4.74 Å². The number of carbonyl (C=O) groups excluding carboxylic acids is 1. The van der Waals surface area contributed by atoms with Gasteiger partial charge in [0.15, 0.2) is 5.82 Å². The molecule has 6 heteroatoms. The predicted octanol–water partition coefficient (Wildman–Crippen LogP) is 3.74. The molecule has 6 nitrogen and oxygen atoms in total. The summed E-state index contributed by atoms with van der Waals surface area (Å²) in [6.45, 7) is 6.62. The molecule has 3 heterocycles. The van der Waals surface area contributed by atoms with Crippen molar-refractivity contribution < 1.29 is 9.53 Å². The number of carbonyl (C=O) groups is 1. The number of nitrogens with zero attached hydrogens (tertiary/aromatic N) is 3. The highest BCUT2D eigenvalue weighted by molar-refractivity contribution is 5.75. The van der Waals surface area contributed by atoms with Crippen LogP contribution in [0.4, 0.5) is 0 Å². The Morgan fingerprint density at radius 1 is 1.19 bits per heavy atom. The number of aryl methyl sites for hydroxylation is 1. The quantitative estimate of drug-likeness (QED) is 0.702. The van der Waals surface area contributed by atoms with Crippen molar-refractivity contribution in [1.29, 1.82) is 0 Å². The Bertz CT molecular complexity index is 841. The summed E-state index contributed by atoms with van der Waals surface area (Å²) in [4.78, 5) is 23.7. The zero-order valence-electron chi connectivity index (χ0n) is 18.6. The minimum atomic E-state index is 0.170. The largest absolute Gasteiger partial charge is 0.376 e. The van der Waals surface area contributed by atoms with Gasteiger partial charge in [0.25, 0.3) is 0 Å². The second kappa shape index (κ2) is 10.8. The van der Waals surface area contributed by atoms with Crippen LogP contribution in [0, 0.1) is 12.8 Å². The van der Waals surface area contributed by atoms with Gasteiger partial charge in [-0.2, -0.15) is 0 Å². The average Bonchev–Trinajstić information content (AvgIpc) is 3.31. The van der Waals surface area contributed by atoms with E-state index in [9.17, 15) is 4.79 Å². The Morgan fingerprint density at radius 3 is 2.71 bits per heavy atom. The molecule has 0 aliphatic carbocycles. The van der Waals surface area contributed by atoms with Crippen LogP contribution < -0.4 is 5.32 Å². The van der Waals surface area contributed by atoms with Crippen molar-refractivity contribution in [2.24, 2.45) is 5.92 Å². The summed E-state index contributed by atoms with van der Waals surface area (Å²) in [6.07, 6.45) is 10.2. The third-order valence-electron chi connectivity index (χ3n) is 6.43. The van der Waals surface area contributed by atoms with Gasteiger partial charge in [-0.1, -0.05) is 23.8 Å². The molecule has 1 unspecified atom stereocenters. The molecule has 4 rings (SSSR count). The fourth-order valence-electron chi connectivity index (χ4n) is 4.52. The van der Waals surface area contributed by atoms with E-state index in [-0.39, 0.29) is 12.0 Å². The molecule has 0 bridgehead atoms. The number of amides is 1. The summed E-state index contributed by atoms with van der Waals surface area (Å²) >= 11 is 0. The van der Waals surface area contributed by atoms with Crippen LogP contribution in [0.25, 0.3) is 11.4 Å². The molecule has 166 valence electrons. The lowest BCUT2D eigenvalue weighted by atomic mass is 9.92. The van der Waals surface area contributed by atoms with Crippen LogP contribution in [0.1, 0.15) is 49.7 Å². The number of piperidine rings is 1. The SMILES string of the molecule is Cc1cccc(-c2ncc(CN3CCC(CCC(=O)NCC4CCCO4)CC3)cn2)c1. The molecule has 1 atom stereocenters. The molecule has 2 aromatic rings. The van der Waals surface area contributed by atoms with Crippen LogP contribution in [0.2, 0.25) is 0 Å². The second-order valence-corrected chi connectivity index (χ2v) is 8.98. The minimum Gasteiger partial charge on any atom is -0.376 e. The van der Waals surface area contributed by atoms with Gasteiger partial charge in [0.05, 0.1) is 6.10 Å². The molecule has 1 aromatic carbocycles. The number of benzene rings is 1. The molecule has 2 saturated heterocycles. The Kier molecular flexibility index (Phi) is 7.65. The van der Waals surface area contributed by atoms with Crippen LogP contribution in [0.15, 0.2) is 36.7 Å². The first-order valence-corrected chi connectivity index (χ1v) is 11.6. The van der Waals surface area contributed by atoms with Crippen LogP contribution >= 0.6 is 0 Å².